The van der Waals surface area contributed by atoms with Crippen LogP contribution in [0.15, 0.2) is 0 Å². The summed E-state index contributed by atoms with van der Waals surface area (Å²) in [5.41, 5.74) is 6.81. The van der Waals surface area contributed by atoms with E-state index in [2.05, 4.69) is 46.6 Å². The fourth-order valence-corrected chi connectivity index (χ4v) is 3.18. The van der Waals surface area contributed by atoms with Crippen LogP contribution >= 0.6 is 0 Å². The molecule has 0 spiro atoms. The average molecular weight is 240 g/mol. The van der Waals surface area contributed by atoms with Crippen molar-refractivity contribution in [3.05, 3.63) is 0 Å². The Morgan fingerprint density at radius 1 is 1.24 bits per heavy atom. The number of nitrogens with two attached hydrogens (primary N) is 1. The van der Waals surface area contributed by atoms with Gasteiger partial charge in [0.05, 0.1) is 0 Å². The van der Waals surface area contributed by atoms with Crippen molar-refractivity contribution in [1.29, 1.82) is 0 Å². The van der Waals surface area contributed by atoms with Gasteiger partial charge in [-0.3, -0.25) is 4.90 Å². The molecule has 1 aliphatic carbocycles. The van der Waals surface area contributed by atoms with Gasteiger partial charge < -0.3 is 5.73 Å². The molecule has 0 radical (unpaired) electrons. The Kier molecular flexibility index (Phi) is 4.65. The molecule has 0 bridgehead atoms. The predicted molar refractivity (Wildman–Crippen MR) is 76.1 cm³/mol. The van der Waals surface area contributed by atoms with Crippen molar-refractivity contribution >= 4 is 0 Å². The summed E-state index contributed by atoms with van der Waals surface area (Å²) in [7, 11) is 2.27. The smallest absolute Gasteiger partial charge is 0.0266 e. The van der Waals surface area contributed by atoms with Gasteiger partial charge >= 0.3 is 0 Å². The molecule has 0 aliphatic heterocycles. The van der Waals surface area contributed by atoms with Crippen molar-refractivity contribution in [2.45, 2.75) is 72.4 Å². The third-order valence-corrected chi connectivity index (χ3v) is 4.60. The lowest BCUT2D eigenvalue weighted by Gasteiger charge is -2.45. The summed E-state index contributed by atoms with van der Waals surface area (Å²) in [6.45, 7) is 12.5. The minimum Gasteiger partial charge on any atom is -0.329 e. The fraction of sp³-hybridized carbons (Fsp3) is 1.00. The maximum atomic E-state index is 5.98. The Balaban J connectivity index is 2.61. The number of nitrogens with zero attached hydrogens (tertiary/aromatic N) is 1. The van der Waals surface area contributed by atoms with E-state index >= 15 is 0 Å². The predicted octanol–water partition coefficient (Wildman–Crippen LogP) is 3.26. The van der Waals surface area contributed by atoms with Crippen molar-refractivity contribution in [1.82, 2.24) is 4.90 Å². The van der Waals surface area contributed by atoms with Crippen LogP contribution < -0.4 is 5.73 Å². The molecule has 0 aromatic carbocycles. The zero-order chi connectivity index (χ0) is 13.3. The van der Waals surface area contributed by atoms with Crippen LogP contribution in [0.2, 0.25) is 0 Å². The molecule has 2 N–H and O–H groups in total. The van der Waals surface area contributed by atoms with E-state index in [1.54, 1.807) is 0 Å². The first-order valence-corrected chi connectivity index (χ1v) is 7.09. The van der Waals surface area contributed by atoms with Gasteiger partial charge in [-0.1, -0.05) is 34.6 Å². The molecule has 102 valence electrons. The van der Waals surface area contributed by atoms with Crippen LogP contribution in [-0.4, -0.2) is 30.6 Å². The van der Waals surface area contributed by atoms with Crippen molar-refractivity contribution in [3.8, 4) is 0 Å². The van der Waals surface area contributed by atoms with Gasteiger partial charge in [0.2, 0.25) is 0 Å². The second-order valence-electron chi connectivity index (χ2n) is 7.68. The van der Waals surface area contributed by atoms with E-state index in [0.717, 1.165) is 12.6 Å². The minimum atomic E-state index is 0.274. The van der Waals surface area contributed by atoms with E-state index < -0.39 is 0 Å². The third-order valence-electron chi connectivity index (χ3n) is 4.60. The summed E-state index contributed by atoms with van der Waals surface area (Å²) in [5.74, 6) is 0. The van der Waals surface area contributed by atoms with Gasteiger partial charge in [0.15, 0.2) is 0 Å². The Bertz CT molecular complexity index is 230. The van der Waals surface area contributed by atoms with Crippen molar-refractivity contribution in [2.75, 3.05) is 13.6 Å². The maximum absolute atomic E-state index is 5.98. The SMILES string of the molecule is CN(C1CCC(C)(C)CC1)C(CN)C(C)(C)C. The first-order valence-electron chi connectivity index (χ1n) is 7.09. The Morgan fingerprint density at radius 2 is 1.71 bits per heavy atom. The molecule has 0 heterocycles. The summed E-state index contributed by atoms with van der Waals surface area (Å²) in [5, 5.41) is 0. The highest BCUT2D eigenvalue weighted by Crippen LogP contribution is 2.38. The van der Waals surface area contributed by atoms with E-state index in [1.807, 2.05) is 0 Å². The highest BCUT2D eigenvalue weighted by atomic mass is 15.2. The van der Waals surface area contributed by atoms with Crippen LogP contribution in [0.3, 0.4) is 0 Å². The second-order valence-corrected chi connectivity index (χ2v) is 7.68. The summed E-state index contributed by atoms with van der Waals surface area (Å²) < 4.78 is 0. The number of hydrogen-bond acceptors (Lipinski definition) is 2. The molecular weight excluding hydrogens is 208 g/mol. The van der Waals surface area contributed by atoms with E-state index in [-0.39, 0.29) is 5.41 Å². The van der Waals surface area contributed by atoms with Crippen LogP contribution in [-0.2, 0) is 0 Å². The summed E-state index contributed by atoms with van der Waals surface area (Å²) in [6.07, 6.45) is 5.36. The van der Waals surface area contributed by atoms with E-state index in [1.165, 1.54) is 25.7 Å². The van der Waals surface area contributed by atoms with Crippen molar-refractivity contribution in [2.24, 2.45) is 16.6 Å². The molecule has 17 heavy (non-hydrogen) atoms. The molecular formula is C15H32N2. The zero-order valence-corrected chi connectivity index (χ0v) is 12.7. The van der Waals surface area contributed by atoms with Crippen molar-refractivity contribution in [3.63, 3.8) is 0 Å². The molecule has 1 fully saturated rings. The Hall–Kier alpha value is -0.0800. The number of likely N-dealkylation sites (N-methyl/N-ethyl adjacent to an activating group) is 1. The number of hydrogen-bond donors (Lipinski definition) is 1. The quantitative estimate of drug-likeness (QED) is 0.820. The number of rotatable bonds is 3. The lowest BCUT2D eigenvalue weighted by molar-refractivity contribution is 0.0499. The third kappa shape index (κ3) is 3.96. The first kappa shape index (κ1) is 15.0. The summed E-state index contributed by atoms with van der Waals surface area (Å²) in [6, 6.07) is 1.23. The van der Waals surface area contributed by atoms with Crippen molar-refractivity contribution < 1.29 is 0 Å². The fourth-order valence-electron chi connectivity index (χ4n) is 3.18. The maximum Gasteiger partial charge on any atom is 0.0266 e. The van der Waals surface area contributed by atoms with E-state index in [9.17, 15) is 0 Å². The molecule has 1 unspecified atom stereocenters. The van der Waals surface area contributed by atoms with Gasteiger partial charge in [-0.15, -0.1) is 0 Å². The average Bonchev–Trinajstić information content (AvgIpc) is 2.16. The molecule has 0 aromatic rings. The standard InChI is InChI=1S/C15H32N2/c1-14(2,3)13(11-16)17(6)12-7-9-15(4,5)10-8-12/h12-13H,7-11,16H2,1-6H3. The summed E-state index contributed by atoms with van der Waals surface area (Å²) in [4.78, 5) is 2.55. The lowest BCUT2D eigenvalue weighted by Crippen LogP contribution is -2.52. The molecule has 1 aliphatic rings. The summed E-state index contributed by atoms with van der Waals surface area (Å²) >= 11 is 0. The highest BCUT2D eigenvalue weighted by Gasteiger charge is 2.34. The van der Waals surface area contributed by atoms with Crippen LogP contribution in [0, 0.1) is 10.8 Å². The van der Waals surface area contributed by atoms with Gasteiger partial charge in [0, 0.05) is 18.6 Å². The molecule has 0 saturated heterocycles. The lowest BCUT2D eigenvalue weighted by atomic mass is 9.74. The van der Waals surface area contributed by atoms with Gasteiger partial charge in [-0.25, -0.2) is 0 Å². The van der Waals surface area contributed by atoms with Gasteiger partial charge in [-0.2, -0.15) is 0 Å². The minimum absolute atomic E-state index is 0.274. The molecule has 1 rings (SSSR count). The van der Waals surface area contributed by atoms with E-state index in [4.69, 9.17) is 5.73 Å². The van der Waals surface area contributed by atoms with Crippen LogP contribution in [0.4, 0.5) is 0 Å². The van der Waals surface area contributed by atoms with Gasteiger partial charge in [0.1, 0.15) is 0 Å². The van der Waals surface area contributed by atoms with Gasteiger partial charge in [0.25, 0.3) is 0 Å². The molecule has 1 saturated carbocycles. The Labute approximate surface area is 108 Å². The molecule has 2 heteroatoms. The van der Waals surface area contributed by atoms with Gasteiger partial charge in [-0.05, 0) is 43.6 Å². The zero-order valence-electron chi connectivity index (χ0n) is 12.7. The highest BCUT2D eigenvalue weighted by molar-refractivity contribution is 4.89. The molecule has 0 aromatic heterocycles. The second kappa shape index (κ2) is 5.27. The Morgan fingerprint density at radius 3 is 2.06 bits per heavy atom. The first-order chi connectivity index (χ1) is 7.67. The largest absolute Gasteiger partial charge is 0.329 e. The van der Waals surface area contributed by atoms with Crippen LogP contribution in [0.25, 0.3) is 0 Å². The molecule has 0 amide bonds. The van der Waals surface area contributed by atoms with Crippen LogP contribution in [0.5, 0.6) is 0 Å². The topological polar surface area (TPSA) is 29.3 Å². The van der Waals surface area contributed by atoms with Crippen LogP contribution in [0.1, 0.15) is 60.3 Å². The van der Waals surface area contributed by atoms with E-state index in [0.29, 0.717) is 11.5 Å². The molecule has 2 nitrogen and oxygen atoms in total. The normalized spacial score (nSPS) is 24.0. The molecule has 1 atom stereocenters. The monoisotopic (exact) mass is 240 g/mol.